The molecule has 0 unspecified atom stereocenters. The monoisotopic (exact) mass is 422 g/mol. The molecule has 0 bridgehead atoms. The summed E-state index contributed by atoms with van der Waals surface area (Å²) in [5.41, 5.74) is 3.63. The molecular formula is C24H17F3N2O2. The van der Waals surface area contributed by atoms with Gasteiger partial charge in [0.1, 0.15) is 12.3 Å². The molecule has 0 fully saturated rings. The molecule has 0 radical (unpaired) electrons. The van der Waals surface area contributed by atoms with E-state index in [1.807, 2.05) is 48.5 Å². The Balaban J connectivity index is 1.34. The number of fused-ring (bicyclic) bond motifs is 3. The molecule has 0 saturated carbocycles. The molecule has 1 aliphatic rings. The number of carbonyl (C=O) groups is 1. The Labute approximate surface area is 177 Å². The highest BCUT2D eigenvalue weighted by Gasteiger charge is 2.32. The van der Waals surface area contributed by atoms with Crippen molar-refractivity contribution in [2.24, 2.45) is 0 Å². The zero-order chi connectivity index (χ0) is 21.8. The van der Waals surface area contributed by atoms with E-state index < -0.39 is 18.0 Å². The number of aromatic nitrogens is 1. The highest BCUT2D eigenvalue weighted by Crippen LogP contribution is 2.44. The van der Waals surface area contributed by atoms with Crippen LogP contribution in [0.25, 0.3) is 11.1 Å². The molecule has 0 aliphatic heterocycles. The van der Waals surface area contributed by atoms with Crippen molar-refractivity contribution in [1.29, 1.82) is 0 Å². The van der Waals surface area contributed by atoms with Crippen LogP contribution in [0, 0.1) is 11.8 Å². The number of ether oxygens (including phenoxy) is 1. The minimum atomic E-state index is -4.53. The maximum absolute atomic E-state index is 12.7. The lowest BCUT2D eigenvalue weighted by Crippen LogP contribution is -2.26. The maximum atomic E-state index is 12.7. The number of hydrogen-bond donors (Lipinski definition) is 1. The Kier molecular flexibility index (Phi) is 5.63. The number of pyridine rings is 1. The van der Waals surface area contributed by atoms with Gasteiger partial charge < -0.3 is 10.1 Å². The summed E-state index contributed by atoms with van der Waals surface area (Å²) in [7, 11) is 0. The number of rotatable bonds is 3. The minimum absolute atomic E-state index is 0.0538. The van der Waals surface area contributed by atoms with Crippen LogP contribution in [0.3, 0.4) is 0 Å². The van der Waals surface area contributed by atoms with Crippen molar-refractivity contribution in [3.8, 4) is 23.0 Å². The number of halogens is 3. The van der Waals surface area contributed by atoms with Gasteiger partial charge in [0.2, 0.25) is 0 Å². The van der Waals surface area contributed by atoms with E-state index in [4.69, 9.17) is 4.74 Å². The van der Waals surface area contributed by atoms with Crippen molar-refractivity contribution in [3.63, 3.8) is 0 Å². The van der Waals surface area contributed by atoms with Gasteiger partial charge in [0.05, 0.1) is 6.54 Å². The highest BCUT2D eigenvalue weighted by molar-refractivity contribution is 5.79. The maximum Gasteiger partial charge on any atom is 0.433 e. The fourth-order valence-corrected chi connectivity index (χ4v) is 3.58. The van der Waals surface area contributed by atoms with Crippen LogP contribution in [-0.4, -0.2) is 24.2 Å². The Hall–Kier alpha value is -3.79. The van der Waals surface area contributed by atoms with Gasteiger partial charge in [-0.05, 0) is 34.4 Å². The minimum Gasteiger partial charge on any atom is -0.449 e. The van der Waals surface area contributed by atoms with E-state index in [-0.39, 0.29) is 24.6 Å². The number of amides is 1. The standard InChI is InChI=1S/C24H17F3N2O2/c25-24(26,27)22-14-16(11-13-28-22)6-5-12-29-23(30)31-15-21-19-9-3-1-7-17(19)18-8-2-4-10-20(18)21/h1-4,7-11,13-14,21H,12,15H2,(H,29,30). The summed E-state index contributed by atoms with van der Waals surface area (Å²) in [5.74, 6) is 5.14. The first kappa shape index (κ1) is 20.5. The molecule has 3 aromatic rings. The number of alkyl carbamates (subject to hydrolysis) is 1. The number of nitrogens with one attached hydrogen (secondary N) is 1. The first-order valence-electron chi connectivity index (χ1n) is 9.54. The van der Waals surface area contributed by atoms with E-state index in [1.165, 1.54) is 6.07 Å². The summed E-state index contributed by atoms with van der Waals surface area (Å²) in [6.45, 7) is 0.118. The van der Waals surface area contributed by atoms with Crippen LogP contribution in [0.1, 0.15) is 28.3 Å². The molecule has 4 nitrogen and oxygen atoms in total. The molecule has 4 rings (SSSR count). The summed E-state index contributed by atoms with van der Waals surface area (Å²) in [6, 6.07) is 18.2. The lowest BCUT2D eigenvalue weighted by molar-refractivity contribution is -0.141. The number of nitrogens with zero attached hydrogens (tertiary/aromatic N) is 1. The third kappa shape index (κ3) is 4.53. The molecule has 31 heavy (non-hydrogen) atoms. The molecule has 1 amide bonds. The van der Waals surface area contributed by atoms with Crippen LogP contribution in [0.15, 0.2) is 66.9 Å². The lowest BCUT2D eigenvalue weighted by Gasteiger charge is -2.14. The summed E-state index contributed by atoms with van der Waals surface area (Å²) in [6.07, 6.45) is -4.12. The van der Waals surface area contributed by atoms with Crippen LogP contribution in [0.2, 0.25) is 0 Å². The molecule has 0 saturated heterocycles. The number of alkyl halides is 3. The fraction of sp³-hybridized carbons (Fsp3) is 0.167. The second-order valence-corrected chi connectivity index (χ2v) is 6.91. The molecule has 1 aromatic heterocycles. The first-order valence-corrected chi connectivity index (χ1v) is 9.54. The van der Waals surface area contributed by atoms with Gasteiger partial charge in [0.25, 0.3) is 0 Å². The van der Waals surface area contributed by atoms with E-state index in [0.717, 1.165) is 34.5 Å². The van der Waals surface area contributed by atoms with Crippen molar-refractivity contribution in [2.45, 2.75) is 12.1 Å². The molecular weight excluding hydrogens is 405 g/mol. The van der Waals surface area contributed by atoms with Crippen molar-refractivity contribution in [2.75, 3.05) is 13.2 Å². The van der Waals surface area contributed by atoms with E-state index in [0.29, 0.717) is 0 Å². The van der Waals surface area contributed by atoms with Gasteiger partial charge in [-0.25, -0.2) is 4.79 Å². The number of benzene rings is 2. The van der Waals surface area contributed by atoms with Gasteiger partial charge in [-0.3, -0.25) is 4.98 Å². The highest BCUT2D eigenvalue weighted by atomic mass is 19.4. The molecule has 1 N–H and O–H groups in total. The van der Waals surface area contributed by atoms with Crippen LogP contribution in [-0.2, 0) is 10.9 Å². The van der Waals surface area contributed by atoms with Gasteiger partial charge in [-0.2, -0.15) is 13.2 Å². The van der Waals surface area contributed by atoms with Crippen molar-refractivity contribution < 1.29 is 22.7 Å². The SMILES string of the molecule is O=C(NCC#Cc1ccnc(C(F)(F)F)c1)OCC1c2ccccc2-c2ccccc21. The molecule has 7 heteroatoms. The van der Waals surface area contributed by atoms with Gasteiger partial charge in [0.15, 0.2) is 0 Å². The van der Waals surface area contributed by atoms with E-state index >= 15 is 0 Å². The molecule has 0 atom stereocenters. The normalized spacial score (nSPS) is 12.4. The van der Waals surface area contributed by atoms with Crippen LogP contribution in [0.5, 0.6) is 0 Å². The summed E-state index contributed by atoms with van der Waals surface area (Å²) >= 11 is 0. The van der Waals surface area contributed by atoms with E-state index in [1.54, 1.807) is 0 Å². The van der Waals surface area contributed by atoms with Crippen molar-refractivity contribution >= 4 is 6.09 Å². The summed E-state index contributed by atoms with van der Waals surface area (Å²) < 4.78 is 43.4. The molecule has 1 aliphatic carbocycles. The molecule has 156 valence electrons. The lowest BCUT2D eigenvalue weighted by atomic mass is 9.98. The topological polar surface area (TPSA) is 51.2 Å². The third-order valence-electron chi connectivity index (χ3n) is 4.95. The van der Waals surface area contributed by atoms with Crippen LogP contribution < -0.4 is 5.32 Å². The molecule has 2 aromatic carbocycles. The Morgan fingerprint density at radius 2 is 1.68 bits per heavy atom. The number of carbonyl (C=O) groups excluding carboxylic acids is 1. The van der Waals surface area contributed by atoms with Crippen molar-refractivity contribution in [3.05, 3.63) is 89.2 Å². The zero-order valence-electron chi connectivity index (χ0n) is 16.2. The van der Waals surface area contributed by atoms with Gasteiger partial charge in [-0.1, -0.05) is 60.4 Å². The molecule has 1 heterocycles. The van der Waals surface area contributed by atoms with Gasteiger partial charge in [0, 0.05) is 17.7 Å². The fourth-order valence-electron chi connectivity index (χ4n) is 3.58. The average Bonchev–Trinajstić information content (AvgIpc) is 3.09. The first-order chi connectivity index (χ1) is 14.9. The number of hydrogen-bond acceptors (Lipinski definition) is 3. The Bertz CT molecular complexity index is 1130. The zero-order valence-corrected chi connectivity index (χ0v) is 16.2. The van der Waals surface area contributed by atoms with Crippen LogP contribution in [0.4, 0.5) is 18.0 Å². The predicted octanol–water partition coefficient (Wildman–Crippen LogP) is 4.99. The second-order valence-electron chi connectivity index (χ2n) is 6.91. The Morgan fingerprint density at radius 1 is 1.03 bits per heavy atom. The average molecular weight is 422 g/mol. The van der Waals surface area contributed by atoms with Gasteiger partial charge in [-0.15, -0.1) is 0 Å². The second kappa shape index (κ2) is 8.52. The van der Waals surface area contributed by atoms with Crippen LogP contribution >= 0.6 is 0 Å². The summed E-state index contributed by atoms with van der Waals surface area (Å²) in [4.78, 5) is 15.3. The van der Waals surface area contributed by atoms with E-state index in [2.05, 4.69) is 22.1 Å². The van der Waals surface area contributed by atoms with Crippen molar-refractivity contribution in [1.82, 2.24) is 10.3 Å². The Morgan fingerprint density at radius 3 is 2.32 bits per heavy atom. The predicted molar refractivity (Wildman–Crippen MR) is 109 cm³/mol. The summed E-state index contributed by atoms with van der Waals surface area (Å²) in [5, 5.41) is 2.50. The van der Waals surface area contributed by atoms with E-state index in [9.17, 15) is 18.0 Å². The van der Waals surface area contributed by atoms with Gasteiger partial charge >= 0.3 is 12.3 Å². The molecule has 0 spiro atoms. The third-order valence-corrected chi connectivity index (χ3v) is 4.95. The largest absolute Gasteiger partial charge is 0.449 e. The smallest absolute Gasteiger partial charge is 0.433 e. The quantitative estimate of drug-likeness (QED) is 0.605.